The number of esters is 1. The molecule has 2 saturated heterocycles. The van der Waals surface area contributed by atoms with Gasteiger partial charge in [0.05, 0.1) is 25.2 Å². The Hall–Kier alpha value is -0.650. The third-order valence-electron chi connectivity index (χ3n) is 3.64. The van der Waals surface area contributed by atoms with Crippen LogP contribution >= 0.6 is 0 Å². The Balaban J connectivity index is 1.68. The molecule has 0 N–H and O–H groups in total. The van der Waals surface area contributed by atoms with Gasteiger partial charge in [0.15, 0.2) is 0 Å². The van der Waals surface area contributed by atoms with E-state index in [-0.39, 0.29) is 18.0 Å². The molecule has 1 unspecified atom stereocenters. The van der Waals surface area contributed by atoms with Gasteiger partial charge in [0.2, 0.25) is 0 Å². The number of carbonyl (C=O) groups is 1. The van der Waals surface area contributed by atoms with Gasteiger partial charge in [-0.15, -0.1) is 0 Å². The topological polar surface area (TPSA) is 48.0 Å². The van der Waals surface area contributed by atoms with Gasteiger partial charge in [-0.05, 0) is 39.3 Å². The predicted octanol–water partition coefficient (Wildman–Crippen LogP) is 1.02. The van der Waals surface area contributed by atoms with E-state index in [1.54, 1.807) is 0 Å². The van der Waals surface area contributed by atoms with Gasteiger partial charge in [0, 0.05) is 6.54 Å². The molecule has 0 aromatic heterocycles. The number of nitrogens with zero attached hydrogens (tertiary/aromatic N) is 1. The fourth-order valence-electron chi connectivity index (χ4n) is 2.54. The predicted molar refractivity (Wildman–Crippen MR) is 66.1 cm³/mol. The van der Waals surface area contributed by atoms with Crippen molar-refractivity contribution in [3.63, 3.8) is 0 Å². The SMILES string of the molecule is CCOC(=O)C1CCN(CC2CCOCO2)CC1. The van der Waals surface area contributed by atoms with Crippen molar-refractivity contribution < 1.29 is 19.0 Å². The molecule has 2 rings (SSSR count). The minimum atomic E-state index is -0.0283. The van der Waals surface area contributed by atoms with E-state index in [1.165, 1.54) is 0 Å². The molecule has 0 aromatic rings. The highest BCUT2D eigenvalue weighted by Gasteiger charge is 2.27. The number of rotatable bonds is 4. The maximum atomic E-state index is 11.6. The molecular formula is C13H23NO4. The second-order valence-electron chi connectivity index (χ2n) is 4.93. The highest BCUT2D eigenvalue weighted by molar-refractivity contribution is 5.72. The van der Waals surface area contributed by atoms with Gasteiger partial charge in [-0.2, -0.15) is 0 Å². The van der Waals surface area contributed by atoms with Crippen LogP contribution in [-0.4, -0.2) is 56.6 Å². The van der Waals surface area contributed by atoms with E-state index in [2.05, 4.69) is 4.90 Å². The number of carbonyl (C=O) groups excluding carboxylic acids is 1. The number of likely N-dealkylation sites (tertiary alicyclic amines) is 1. The molecular weight excluding hydrogens is 234 g/mol. The smallest absolute Gasteiger partial charge is 0.309 e. The maximum absolute atomic E-state index is 11.6. The number of piperidine rings is 1. The lowest BCUT2D eigenvalue weighted by Gasteiger charge is -2.34. The van der Waals surface area contributed by atoms with Crippen molar-refractivity contribution in [2.24, 2.45) is 5.92 Å². The average Bonchev–Trinajstić information content (AvgIpc) is 2.41. The first-order chi connectivity index (χ1) is 8.79. The zero-order valence-electron chi connectivity index (χ0n) is 11.1. The van der Waals surface area contributed by atoms with E-state index in [1.807, 2.05) is 6.92 Å². The van der Waals surface area contributed by atoms with Crippen molar-refractivity contribution in [3.05, 3.63) is 0 Å². The average molecular weight is 257 g/mol. The van der Waals surface area contributed by atoms with Crippen LogP contribution < -0.4 is 0 Å². The molecule has 0 aromatic carbocycles. The van der Waals surface area contributed by atoms with Crippen molar-refractivity contribution in [1.82, 2.24) is 4.90 Å². The summed E-state index contributed by atoms with van der Waals surface area (Å²) in [7, 11) is 0. The summed E-state index contributed by atoms with van der Waals surface area (Å²) in [6.07, 6.45) is 3.07. The zero-order chi connectivity index (χ0) is 12.8. The monoisotopic (exact) mass is 257 g/mol. The summed E-state index contributed by atoms with van der Waals surface area (Å²) in [5, 5.41) is 0. The summed E-state index contributed by atoms with van der Waals surface area (Å²) in [5.41, 5.74) is 0. The summed E-state index contributed by atoms with van der Waals surface area (Å²) >= 11 is 0. The van der Waals surface area contributed by atoms with Gasteiger partial charge in [0.25, 0.3) is 0 Å². The molecule has 2 fully saturated rings. The Labute approximate surface area is 108 Å². The Morgan fingerprint density at radius 2 is 2.11 bits per heavy atom. The van der Waals surface area contributed by atoms with Crippen LogP contribution in [0.25, 0.3) is 0 Å². The van der Waals surface area contributed by atoms with Gasteiger partial charge in [0.1, 0.15) is 6.79 Å². The summed E-state index contributed by atoms with van der Waals surface area (Å²) in [6, 6.07) is 0. The van der Waals surface area contributed by atoms with Crippen LogP contribution in [0.2, 0.25) is 0 Å². The molecule has 0 bridgehead atoms. The lowest BCUT2D eigenvalue weighted by Crippen LogP contribution is -2.42. The first kappa shape index (κ1) is 13.8. The standard InChI is InChI=1S/C13H23NO4/c1-2-17-13(15)11-3-6-14(7-4-11)9-12-5-8-16-10-18-12/h11-12H,2-10H2,1H3. The Kier molecular flexibility index (Phi) is 5.41. The molecule has 0 radical (unpaired) electrons. The Bertz CT molecular complexity index is 258. The molecule has 0 saturated carbocycles. The molecule has 2 aliphatic rings. The van der Waals surface area contributed by atoms with Crippen molar-refractivity contribution in [1.29, 1.82) is 0 Å². The molecule has 0 aliphatic carbocycles. The van der Waals surface area contributed by atoms with Crippen molar-refractivity contribution in [3.8, 4) is 0 Å². The van der Waals surface area contributed by atoms with Crippen LogP contribution in [0.15, 0.2) is 0 Å². The minimum Gasteiger partial charge on any atom is -0.466 e. The molecule has 2 heterocycles. The number of hydrogen-bond donors (Lipinski definition) is 0. The lowest BCUT2D eigenvalue weighted by molar-refractivity contribution is -0.152. The second kappa shape index (κ2) is 7.07. The van der Waals surface area contributed by atoms with Crippen LogP contribution in [0.4, 0.5) is 0 Å². The maximum Gasteiger partial charge on any atom is 0.309 e. The summed E-state index contributed by atoms with van der Waals surface area (Å²) in [4.78, 5) is 14.0. The van der Waals surface area contributed by atoms with Gasteiger partial charge >= 0.3 is 5.97 Å². The largest absolute Gasteiger partial charge is 0.466 e. The first-order valence-electron chi connectivity index (χ1n) is 6.88. The lowest BCUT2D eigenvalue weighted by atomic mass is 9.96. The van der Waals surface area contributed by atoms with Gasteiger partial charge in [-0.3, -0.25) is 4.79 Å². The highest BCUT2D eigenvalue weighted by Crippen LogP contribution is 2.20. The third-order valence-corrected chi connectivity index (χ3v) is 3.64. The molecule has 18 heavy (non-hydrogen) atoms. The fourth-order valence-corrected chi connectivity index (χ4v) is 2.54. The molecule has 0 spiro atoms. The van der Waals surface area contributed by atoms with Crippen molar-refractivity contribution in [2.75, 3.05) is 39.6 Å². The third kappa shape index (κ3) is 3.93. The van der Waals surface area contributed by atoms with E-state index in [9.17, 15) is 4.79 Å². The van der Waals surface area contributed by atoms with Gasteiger partial charge in [-0.25, -0.2) is 0 Å². The summed E-state index contributed by atoms with van der Waals surface area (Å²) < 4.78 is 15.8. The van der Waals surface area contributed by atoms with E-state index in [0.29, 0.717) is 13.4 Å². The van der Waals surface area contributed by atoms with E-state index in [0.717, 1.165) is 45.5 Å². The fraction of sp³-hybridized carbons (Fsp3) is 0.923. The molecule has 2 aliphatic heterocycles. The van der Waals surface area contributed by atoms with E-state index < -0.39 is 0 Å². The van der Waals surface area contributed by atoms with Crippen molar-refractivity contribution in [2.45, 2.75) is 32.3 Å². The molecule has 5 nitrogen and oxygen atoms in total. The highest BCUT2D eigenvalue weighted by atomic mass is 16.7. The van der Waals surface area contributed by atoms with Crippen LogP contribution in [0, 0.1) is 5.92 Å². The zero-order valence-corrected chi connectivity index (χ0v) is 11.1. The van der Waals surface area contributed by atoms with Crippen LogP contribution in [0.3, 0.4) is 0 Å². The molecule has 0 amide bonds. The van der Waals surface area contributed by atoms with E-state index >= 15 is 0 Å². The Morgan fingerprint density at radius 1 is 1.33 bits per heavy atom. The van der Waals surface area contributed by atoms with Crippen LogP contribution in [0.1, 0.15) is 26.2 Å². The van der Waals surface area contributed by atoms with Gasteiger partial charge < -0.3 is 19.1 Å². The minimum absolute atomic E-state index is 0.0283. The molecule has 1 atom stereocenters. The molecule has 5 heteroatoms. The first-order valence-corrected chi connectivity index (χ1v) is 6.88. The second-order valence-corrected chi connectivity index (χ2v) is 4.93. The van der Waals surface area contributed by atoms with Crippen LogP contribution in [0.5, 0.6) is 0 Å². The summed E-state index contributed by atoms with van der Waals surface area (Å²) in [6.45, 7) is 6.44. The quantitative estimate of drug-likeness (QED) is 0.704. The van der Waals surface area contributed by atoms with Crippen molar-refractivity contribution >= 4 is 5.97 Å². The number of ether oxygens (including phenoxy) is 3. The summed E-state index contributed by atoms with van der Waals surface area (Å²) in [5.74, 6) is 0.0660. The van der Waals surface area contributed by atoms with Gasteiger partial charge in [-0.1, -0.05) is 0 Å². The van der Waals surface area contributed by atoms with Crippen LogP contribution in [-0.2, 0) is 19.0 Å². The van der Waals surface area contributed by atoms with E-state index in [4.69, 9.17) is 14.2 Å². The normalized spacial score (nSPS) is 27.1. The molecule has 104 valence electrons. The number of hydrogen-bond acceptors (Lipinski definition) is 5. The Morgan fingerprint density at radius 3 is 2.72 bits per heavy atom.